The summed E-state index contributed by atoms with van der Waals surface area (Å²) in [6.07, 6.45) is -4.87. The highest BCUT2D eigenvalue weighted by molar-refractivity contribution is 7.92. The Hall–Kier alpha value is -2.33. The number of sulfonamides is 1. The van der Waals surface area contributed by atoms with Gasteiger partial charge in [0.2, 0.25) is 0 Å². The smallest absolute Gasteiger partial charge is 0.417 e. The van der Waals surface area contributed by atoms with Gasteiger partial charge in [-0.3, -0.25) is 9.10 Å². The molecular weight excluding hydrogens is 402 g/mol. The van der Waals surface area contributed by atoms with Crippen molar-refractivity contribution in [1.82, 2.24) is 0 Å². The molecule has 0 amide bonds. The van der Waals surface area contributed by atoms with E-state index in [1.165, 1.54) is 0 Å². The van der Waals surface area contributed by atoms with Crippen LogP contribution < -0.4 is 4.31 Å². The first kappa shape index (κ1) is 20.0. The lowest BCUT2D eigenvalue weighted by molar-refractivity contribution is -0.137. The van der Waals surface area contributed by atoms with Crippen molar-refractivity contribution in [3.8, 4) is 0 Å². The number of alkyl halides is 3. The minimum absolute atomic E-state index is 0.272. The molecular formula is C15H10ClF4NO4S. The van der Waals surface area contributed by atoms with Crippen LogP contribution in [0.2, 0.25) is 5.02 Å². The van der Waals surface area contributed by atoms with E-state index in [0.29, 0.717) is 6.07 Å². The Labute approximate surface area is 150 Å². The highest BCUT2D eigenvalue weighted by Crippen LogP contribution is 2.37. The van der Waals surface area contributed by atoms with Gasteiger partial charge >= 0.3 is 12.1 Å². The van der Waals surface area contributed by atoms with Crippen LogP contribution in [-0.4, -0.2) is 26.0 Å². The van der Waals surface area contributed by atoms with E-state index in [1.54, 1.807) is 0 Å². The predicted molar refractivity (Wildman–Crippen MR) is 85.0 cm³/mol. The molecule has 0 spiro atoms. The summed E-state index contributed by atoms with van der Waals surface area (Å²) in [6.45, 7) is -1.14. The molecule has 0 aliphatic carbocycles. The molecule has 2 aromatic carbocycles. The van der Waals surface area contributed by atoms with Crippen molar-refractivity contribution < 1.29 is 35.9 Å². The van der Waals surface area contributed by atoms with Crippen molar-refractivity contribution in [1.29, 1.82) is 0 Å². The number of benzene rings is 2. The Morgan fingerprint density at radius 1 is 1.12 bits per heavy atom. The SMILES string of the molecule is O=C(O)CN(c1ccc(Cl)c(C(F)(F)F)c1)S(=O)(=O)c1ccc(F)cc1. The topological polar surface area (TPSA) is 74.7 Å². The van der Waals surface area contributed by atoms with E-state index >= 15 is 0 Å². The van der Waals surface area contributed by atoms with Crippen molar-refractivity contribution in [3.05, 3.63) is 58.9 Å². The number of anilines is 1. The molecule has 0 aromatic heterocycles. The normalized spacial score (nSPS) is 12.0. The second-order valence-electron chi connectivity index (χ2n) is 5.02. The van der Waals surface area contributed by atoms with Gasteiger partial charge in [-0.15, -0.1) is 0 Å². The van der Waals surface area contributed by atoms with Gasteiger partial charge < -0.3 is 5.11 Å². The summed E-state index contributed by atoms with van der Waals surface area (Å²) in [5, 5.41) is 8.30. The number of rotatable bonds is 5. The van der Waals surface area contributed by atoms with Crippen LogP contribution in [-0.2, 0) is 21.0 Å². The molecule has 0 atom stereocenters. The summed E-state index contributed by atoms with van der Waals surface area (Å²) in [5.74, 6) is -2.33. The maximum atomic E-state index is 13.0. The fraction of sp³-hybridized carbons (Fsp3) is 0.133. The molecule has 0 aliphatic rings. The highest BCUT2D eigenvalue weighted by Gasteiger charge is 2.35. The Morgan fingerprint density at radius 3 is 2.19 bits per heavy atom. The van der Waals surface area contributed by atoms with Gasteiger partial charge in [0.25, 0.3) is 10.0 Å². The Kier molecular flexibility index (Phi) is 5.47. The van der Waals surface area contributed by atoms with Crippen LogP contribution in [0.4, 0.5) is 23.2 Å². The molecule has 2 rings (SSSR count). The van der Waals surface area contributed by atoms with Gasteiger partial charge in [0.1, 0.15) is 12.4 Å². The average molecular weight is 412 g/mol. The molecule has 0 heterocycles. The molecule has 0 saturated carbocycles. The Balaban J connectivity index is 2.62. The molecule has 0 bridgehead atoms. The van der Waals surface area contributed by atoms with Crippen molar-refractivity contribution in [2.45, 2.75) is 11.1 Å². The van der Waals surface area contributed by atoms with Crippen molar-refractivity contribution >= 4 is 33.3 Å². The summed E-state index contributed by atoms with van der Waals surface area (Å²) >= 11 is 5.49. The zero-order valence-electron chi connectivity index (χ0n) is 12.7. The third-order valence-corrected chi connectivity index (χ3v) is 5.34. The van der Waals surface area contributed by atoms with Crippen LogP contribution in [0, 0.1) is 5.82 Å². The van der Waals surface area contributed by atoms with Crippen LogP contribution in [0.25, 0.3) is 0 Å². The van der Waals surface area contributed by atoms with E-state index in [2.05, 4.69) is 0 Å². The largest absolute Gasteiger partial charge is 0.480 e. The molecule has 0 unspecified atom stereocenters. The minimum atomic E-state index is -4.87. The summed E-state index contributed by atoms with van der Waals surface area (Å²) in [5.41, 5.74) is -1.87. The van der Waals surface area contributed by atoms with Crippen molar-refractivity contribution in [2.75, 3.05) is 10.8 Å². The Bertz CT molecular complexity index is 930. The van der Waals surface area contributed by atoms with Crippen molar-refractivity contribution in [2.24, 2.45) is 0 Å². The lowest BCUT2D eigenvalue weighted by Gasteiger charge is -2.24. The molecule has 2 aromatic rings. The zero-order chi connectivity index (χ0) is 19.7. The number of carboxylic acids is 1. The van der Waals surface area contributed by atoms with E-state index < -0.39 is 55.7 Å². The van der Waals surface area contributed by atoms with E-state index in [-0.39, 0.29) is 4.31 Å². The van der Waals surface area contributed by atoms with Crippen LogP contribution in [0.5, 0.6) is 0 Å². The lowest BCUT2D eigenvalue weighted by Crippen LogP contribution is -2.36. The summed E-state index contributed by atoms with van der Waals surface area (Å²) < 4.78 is 77.6. The molecule has 0 aliphatic heterocycles. The number of nitrogens with zero attached hydrogens (tertiary/aromatic N) is 1. The van der Waals surface area contributed by atoms with E-state index in [4.69, 9.17) is 16.7 Å². The molecule has 26 heavy (non-hydrogen) atoms. The quantitative estimate of drug-likeness (QED) is 0.760. The summed E-state index contributed by atoms with van der Waals surface area (Å²) in [6, 6.07) is 5.60. The maximum Gasteiger partial charge on any atom is 0.417 e. The molecule has 0 fully saturated rings. The number of carboxylic acid groups (broad SMARTS) is 1. The van der Waals surface area contributed by atoms with Crippen LogP contribution in [0.15, 0.2) is 47.4 Å². The first-order valence-electron chi connectivity index (χ1n) is 6.80. The van der Waals surface area contributed by atoms with Crippen LogP contribution in [0.3, 0.4) is 0 Å². The number of halogens is 5. The molecule has 1 N–H and O–H groups in total. The lowest BCUT2D eigenvalue weighted by atomic mass is 10.2. The minimum Gasteiger partial charge on any atom is -0.480 e. The second-order valence-corrected chi connectivity index (χ2v) is 7.29. The maximum absolute atomic E-state index is 13.0. The molecule has 140 valence electrons. The van der Waals surface area contributed by atoms with Crippen LogP contribution >= 0.6 is 11.6 Å². The number of aliphatic carboxylic acids is 1. The van der Waals surface area contributed by atoms with Gasteiger partial charge in [-0.25, -0.2) is 12.8 Å². The molecule has 5 nitrogen and oxygen atoms in total. The molecule has 0 saturated heterocycles. The summed E-state index contributed by atoms with van der Waals surface area (Å²) in [4.78, 5) is 10.6. The number of hydrogen-bond acceptors (Lipinski definition) is 3. The van der Waals surface area contributed by atoms with Crippen LogP contribution in [0.1, 0.15) is 5.56 Å². The number of carbonyl (C=O) groups is 1. The van der Waals surface area contributed by atoms with Gasteiger partial charge in [-0.05, 0) is 42.5 Å². The first-order chi connectivity index (χ1) is 11.9. The number of hydrogen-bond donors (Lipinski definition) is 1. The molecule has 11 heteroatoms. The predicted octanol–water partition coefficient (Wildman–Crippen LogP) is 3.78. The third kappa shape index (κ3) is 4.25. The van der Waals surface area contributed by atoms with Crippen molar-refractivity contribution in [3.63, 3.8) is 0 Å². The third-order valence-electron chi connectivity index (χ3n) is 3.22. The van der Waals surface area contributed by atoms with Gasteiger partial charge in [0.05, 0.1) is 21.2 Å². The average Bonchev–Trinajstić information content (AvgIpc) is 2.52. The van der Waals surface area contributed by atoms with E-state index in [1.807, 2.05) is 0 Å². The fourth-order valence-corrected chi connectivity index (χ4v) is 3.69. The van der Waals surface area contributed by atoms with Gasteiger partial charge in [0, 0.05) is 0 Å². The zero-order valence-corrected chi connectivity index (χ0v) is 14.2. The van der Waals surface area contributed by atoms with E-state index in [0.717, 1.165) is 36.4 Å². The second kappa shape index (κ2) is 7.12. The monoisotopic (exact) mass is 411 g/mol. The highest BCUT2D eigenvalue weighted by atomic mass is 35.5. The fourth-order valence-electron chi connectivity index (χ4n) is 2.06. The standard InChI is InChI=1S/C15H10ClF4NO4S/c16-13-6-3-10(7-12(13)15(18,19)20)21(8-14(22)23)26(24,25)11-4-1-9(17)2-5-11/h1-7H,8H2,(H,22,23). The van der Waals surface area contributed by atoms with Gasteiger partial charge in [-0.1, -0.05) is 11.6 Å². The van der Waals surface area contributed by atoms with Gasteiger partial charge in [-0.2, -0.15) is 13.2 Å². The van der Waals surface area contributed by atoms with E-state index in [9.17, 15) is 30.8 Å². The summed E-state index contributed by atoms with van der Waals surface area (Å²) in [7, 11) is -4.57. The Morgan fingerprint density at radius 2 is 1.69 bits per heavy atom. The first-order valence-corrected chi connectivity index (χ1v) is 8.61. The molecule has 0 radical (unpaired) electrons. The van der Waals surface area contributed by atoms with Gasteiger partial charge in [0.15, 0.2) is 0 Å².